The molecule has 30 valence electrons. The summed E-state index contributed by atoms with van der Waals surface area (Å²) >= 11 is 0. The molecule has 0 bridgehead atoms. The van der Waals surface area contributed by atoms with E-state index in [4.69, 9.17) is 0 Å². The minimum absolute atomic E-state index is 0. The largest absolute Gasteiger partial charge is 3.00 e. The second-order valence-electron chi connectivity index (χ2n) is 0.894. The van der Waals surface area contributed by atoms with Crippen molar-refractivity contribution in [3.63, 3.8) is 0 Å². The summed E-state index contributed by atoms with van der Waals surface area (Å²) in [5, 5.41) is 0. The third-order valence-corrected chi connectivity index (χ3v) is 0.352. The van der Waals surface area contributed by atoms with E-state index in [9.17, 15) is 4.79 Å². The van der Waals surface area contributed by atoms with Gasteiger partial charge in [-0.2, -0.15) is 6.42 Å². The van der Waals surface area contributed by atoms with Crippen LogP contribution in [0.15, 0.2) is 0 Å². The Labute approximate surface area is 63.4 Å². The van der Waals surface area contributed by atoms with Crippen molar-refractivity contribution in [1.29, 1.82) is 0 Å². The van der Waals surface area contributed by atoms with Crippen LogP contribution < -0.4 is 0 Å². The monoisotopic (exact) mass is 160 g/mol. The second-order valence-corrected chi connectivity index (χ2v) is 0.894. The first-order valence-corrected chi connectivity index (χ1v) is 1.76. The van der Waals surface area contributed by atoms with Gasteiger partial charge in [0.15, 0.2) is 0 Å². The van der Waals surface area contributed by atoms with Gasteiger partial charge in [0.1, 0.15) is 0 Å². The number of hydrogen-bond donors (Lipinski definition) is 0. The quantitative estimate of drug-likeness (QED) is 0.548. The third kappa shape index (κ3) is 8.84. The molecule has 0 aliphatic rings. The second kappa shape index (κ2) is 9.24. The molecule has 0 atom stereocenters. The Hall–Kier alpha value is 0.774. The molecule has 0 aromatic heterocycles. The van der Waals surface area contributed by atoms with E-state index in [1.807, 2.05) is 6.92 Å². The van der Waals surface area contributed by atoms with E-state index in [1.165, 1.54) is 0 Å². The van der Waals surface area contributed by atoms with E-state index in [0.717, 1.165) is 6.42 Å². The van der Waals surface area contributed by atoms with Gasteiger partial charge in [0, 0.05) is 0 Å². The van der Waals surface area contributed by atoms with Crippen LogP contribution in [0.5, 0.6) is 0 Å². The zero-order valence-electron chi connectivity index (χ0n) is 3.90. The van der Waals surface area contributed by atoms with Gasteiger partial charge in [-0.25, -0.2) is 0 Å². The number of hydrogen-bond acceptors (Lipinski definition) is 1. The summed E-state index contributed by atoms with van der Waals surface area (Å²) in [5.41, 5.74) is 0. The molecule has 0 saturated carbocycles. The van der Waals surface area contributed by atoms with Gasteiger partial charge < -0.3 is 4.79 Å². The molecule has 0 radical (unpaired) electrons. The summed E-state index contributed by atoms with van der Waals surface area (Å²) in [4.78, 5) is 9.28. The normalized spacial score (nSPS) is 6.17. The predicted molar refractivity (Wildman–Crippen MR) is 20.6 cm³/mol. The van der Waals surface area contributed by atoms with Crippen molar-refractivity contribution < 1.29 is 37.5 Å². The van der Waals surface area contributed by atoms with Gasteiger partial charge in [-0.15, -0.1) is 0 Å². The molecule has 0 N–H and O–H groups in total. The van der Waals surface area contributed by atoms with Crippen molar-refractivity contribution in [2.24, 2.45) is 0 Å². The Morgan fingerprint density at radius 3 is 2.17 bits per heavy atom. The SMILES string of the molecule is CCC[C-]=O.[Y+3]. The molecule has 1 nitrogen and oxygen atoms in total. The maximum Gasteiger partial charge on any atom is 3.00 e. The number of carbonyl (C=O) groups excluding carboxylic acids is 1. The molecule has 6 heavy (non-hydrogen) atoms. The fraction of sp³-hybridized carbons (Fsp3) is 0.750. The maximum absolute atomic E-state index is 9.28. The summed E-state index contributed by atoms with van der Waals surface area (Å²) in [6.07, 6.45) is 3.27. The van der Waals surface area contributed by atoms with Gasteiger partial charge in [0.05, 0.1) is 0 Å². The molecule has 0 rings (SSSR count). The van der Waals surface area contributed by atoms with Crippen LogP contribution >= 0.6 is 0 Å². The van der Waals surface area contributed by atoms with Crippen LogP contribution in [-0.2, 0) is 37.5 Å². The summed E-state index contributed by atoms with van der Waals surface area (Å²) in [6, 6.07) is 0. The third-order valence-electron chi connectivity index (χ3n) is 0.352. The van der Waals surface area contributed by atoms with Crippen molar-refractivity contribution in [1.82, 2.24) is 0 Å². The van der Waals surface area contributed by atoms with E-state index in [2.05, 4.69) is 0 Å². The molecule has 0 saturated heterocycles. The van der Waals surface area contributed by atoms with Gasteiger partial charge >= 0.3 is 32.7 Å². The first kappa shape index (κ1) is 9.91. The summed E-state index contributed by atoms with van der Waals surface area (Å²) in [5.74, 6) is 0. The van der Waals surface area contributed by atoms with Crippen molar-refractivity contribution in [3.05, 3.63) is 0 Å². The van der Waals surface area contributed by atoms with Crippen LogP contribution in [0.1, 0.15) is 19.8 Å². The molecule has 2 heteroatoms. The molecule has 0 heterocycles. The smallest absolute Gasteiger partial charge is 0.542 e. The molecule has 0 spiro atoms. The van der Waals surface area contributed by atoms with Crippen molar-refractivity contribution in [2.75, 3.05) is 0 Å². The molecular formula is C4H7OY+2. The Balaban J connectivity index is 0. The molecule has 0 aromatic carbocycles. The first-order valence-electron chi connectivity index (χ1n) is 1.76. The van der Waals surface area contributed by atoms with Crippen LogP contribution in [0.4, 0.5) is 0 Å². The zero-order chi connectivity index (χ0) is 4.12. The van der Waals surface area contributed by atoms with Gasteiger partial charge in [0.25, 0.3) is 0 Å². The van der Waals surface area contributed by atoms with Crippen LogP contribution in [0.2, 0.25) is 0 Å². The van der Waals surface area contributed by atoms with E-state index in [1.54, 1.807) is 6.29 Å². The Bertz CT molecular complexity index is 28.7. The predicted octanol–water partition coefficient (Wildman–Crippen LogP) is 0.894. The van der Waals surface area contributed by atoms with Crippen LogP contribution in [0, 0.1) is 0 Å². The maximum atomic E-state index is 9.28. The van der Waals surface area contributed by atoms with Gasteiger partial charge in [0.2, 0.25) is 0 Å². The molecule has 0 unspecified atom stereocenters. The Kier molecular flexibility index (Phi) is 15.3. The van der Waals surface area contributed by atoms with Gasteiger partial charge in [-0.1, -0.05) is 13.3 Å². The van der Waals surface area contributed by atoms with Crippen LogP contribution in [0.3, 0.4) is 0 Å². The Morgan fingerprint density at radius 2 is 2.17 bits per heavy atom. The molecule has 0 amide bonds. The van der Waals surface area contributed by atoms with E-state index >= 15 is 0 Å². The molecule has 0 aliphatic carbocycles. The minimum atomic E-state index is 0. The van der Waals surface area contributed by atoms with E-state index in [0.29, 0.717) is 6.42 Å². The van der Waals surface area contributed by atoms with E-state index in [-0.39, 0.29) is 32.7 Å². The molecule has 0 aromatic rings. The topological polar surface area (TPSA) is 17.1 Å². The summed E-state index contributed by atoms with van der Waals surface area (Å²) in [7, 11) is 0. The van der Waals surface area contributed by atoms with Gasteiger partial charge in [-0.3, -0.25) is 6.29 Å². The molecule has 0 aliphatic heterocycles. The van der Waals surface area contributed by atoms with Crippen molar-refractivity contribution in [3.8, 4) is 0 Å². The zero-order valence-corrected chi connectivity index (χ0v) is 6.74. The minimum Gasteiger partial charge on any atom is -0.542 e. The van der Waals surface area contributed by atoms with E-state index < -0.39 is 0 Å². The average molecular weight is 160 g/mol. The van der Waals surface area contributed by atoms with Crippen LogP contribution in [0.25, 0.3) is 0 Å². The summed E-state index contributed by atoms with van der Waals surface area (Å²) < 4.78 is 0. The van der Waals surface area contributed by atoms with Crippen molar-refractivity contribution in [2.45, 2.75) is 19.8 Å². The van der Waals surface area contributed by atoms with Crippen molar-refractivity contribution >= 4 is 6.29 Å². The van der Waals surface area contributed by atoms with Crippen LogP contribution in [-0.4, -0.2) is 6.29 Å². The molecular weight excluding hydrogens is 153 g/mol. The molecule has 0 fully saturated rings. The fourth-order valence-corrected chi connectivity index (χ4v) is 0.102. The van der Waals surface area contributed by atoms with Gasteiger partial charge in [-0.05, 0) is 0 Å². The number of rotatable bonds is 2. The summed E-state index contributed by atoms with van der Waals surface area (Å²) in [6.45, 7) is 1.95. The fourth-order valence-electron chi connectivity index (χ4n) is 0.102. The average Bonchev–Trinajstić information content (AvgIpc) is 1.41. The number of unbranched alkanes of at least 4 members (excludes halogenated alkanes) is 1. The first-order chi connectivity index (χ1) is 2.41. The standard InChI is InChI=1S/C4H7O.Y/c1-2-3-4-5;/h2-3H2,1H3;/q-1;+3. The Morgan fingerprint density at radius 1 is 1.67 bits per heavy atom.